The second kappa shape index (κ2) is 7.92. The Morgan fingerprint density at radius 3 is 2.62 bits per heavy atom. The van der Waals surface area contributed by atoms with E-state index in [0.717, 1.165) is 25.8 Å². The predicted molar refractivity (Wildman–Crippen MR) is 90.2 cm³/mol. The second-order valence-corrected chi connectivity index (χ2v) is 6.37. The summed E-state index contributed by atoms with van der Waals surface area (Å²) in [7, 11) is 1.65. The van der Waals surface area contributed by atoms with Crippen LogP contribution in [-0.4, -0.2) is 13.7 Å². The molecule has 0 radical (unpaired) electrons. The Morgan fingerprint density at radius 1 is 1.14 bits per heavy atom. The first-order valence-corrected chi connectivity index (χ1v) is 8.16. The van der Waals surface area contributed by atoms with Crippen LogP contribution >= 0.6 is 31.9 Å². The number of benzene rings is 2. The Hall–Kier alpha value is -0.910. The van der Waals surface area contributed by atoms with Gasteiger partial charge in [-0.05, 0) is 52.7 Å². The molecule has 2 rings (SSSR count). The van der Waals surface area contributed by atoms with Gasteiger partial charge in [0.2, 0.25) is 0 Å². The number of rotatable bonds is 6. The topological polar surface area (TPSA) is 21.3 Å². The highest BCUT2D eigenvalue weighted by Gasteiger charge is 2.09. The third-order valence-electron chi connectivity index (χ3n) is 3.13. The van der Waals surface area contributed by atoms with Crippen molar-refractivity contribution in [1.82, 2.24) is 5.32 Å². The molecule has 1 N–H and O–H groups in total. The molecule has 0 atom stereocenters. The van der Waals surface area contributed by atoms with E-state index in [9.17, 15) is 4.39 Å². The molecule has 0 heterocycles. The molecule has 21 heavy (non-hydrogen) atoms. The van der Waals surface area contributed by atoms with Gasteiger partial charge in [-0.1, -0.05) is 34.1 Å². The summed E-state index contributed by atoms with van der Waals surface area (Å²) in [6.07, 6.45) is 0.657. The van der Waals surface area contributed by atoms with E-state index in [-0.39, 0.29) is 5.82 Å². The maximum absolute atomic E-state index is 13.5. The summed E-state index contributed by atoms with van der Waals surface area (Å²) in [6, 6.07) is 10.8. The molecule has 0 aromatic heterocycles. The normalized spacial score (nSPS) is 10.7. The summed E-state index contributed by atoms with van der Waals surface area (Å²) in [5.74, 6) is 0.665. The highest BCUT2D eigenvalue weighted by molar-refractivity contribution is 9.11. The molecule has 0 saturated carbocycles. The lowest BCUT2D eigenvalue weighted by atomic mass is 10.1. The van der Waals surface area contributed by atoms with Crippen molar-refractivity contribution in [3.63, 3.8) is 0 Å². The van der Waals surface area contributed by atoms with Gasteiger partial charge in [0, 0.05) is 16.6 Å². The molecule has 0 aliphatic heterocycles. The lowest BCUT2D eigenvalue weighted by molar-refractivity contribution is 0.405. The molecule has 0 saturated heterocycles. The Balaban J connectivity index is 1.93. The van der Waals surface area contributed by atoms with Gasteiger partial charge in [0.05, 0.1) is 11.6 Å². The fraction of sp³-hybridized carbons (Fsp3) is 0.250. The third-order valence-corrected chi connectivity index (χ3v) is 4.18. The van der Waals surface area contributed by atoms with Crippen molar-refractivity contribution in [1.29, 1.82) is 0 Å². The lowest BCUT2D eigenvalue weighted by Gasteiger charge is -2.12. The van der Waals surface area contributed by atoms with E-state index in [2.05, 4.69) is 37.2 Å². The first-order valence-electron chi connectivity index (χ1n) is 6.58. The molecular formula is C16H16Br2FNO. The molecule has 0 bridgehead atoms. The maximum Gasteiger partial charge on any atom is 0.137 e. The summed E-state index contributed by atoms with van der Waals surface area (Å²) < 4.78 is 20.8. The van der Waals surface area contributed by atoms with Crippen LogP contribution in [-0.2, 0) is 13.0 Å². The maximum atomic E-state index is 13.5. The molecule has 0 spiro atoms. The standard InChI is InChI=1S/C16H16Br2FNO/c1-21-16-12(8-13(17)9-14(16)18)10-20-7-6-11-4-2-3-5-15(11)19/h2-5,8-9,20H,6-7,10H2,1H3. The van der Waals surface area contributed by atoms with E-state index < -0.39 is 0 Å². The predicted octanol–water partition coefficient (Wildman–Crippen LogP) is 4.69. The van der Waals surface area contributed by atoms with Crippen LogP contribution in [0.2, 0.25) is 0 Å². The summed E-state index contributed by atoms with van der Waals surface area (Å²) in [4.78, 5) is 0. The average Bonchev–Trinajstić information content (AvgIpc) is 2.45. The van der Waals surface area contributed by atoms with Crippen molar-refractivity contribution < 1.29 is 9.13 Å². The van der Waals surface area contributed by atoms with Crippen LogP contribution in [0.15, 0.2) is 45.3 Å². The SMILES string of the molecule is COc1c(Br)cc(Br)cc1CNCCc1ccccc1F. The van der Waals surface area contributed by atoms with Gasteiger partial charge >= 0.3 is 0 Å². The zero-order valence-electron chi connectivity index (χ0n) is 11.6. The van der Waals surface area contributed by atoms with Crippen LogP contribution in [0.4, 0.5) is 4.39 Å². The summed E-state index contributed by atoms with van der Waals surface area (Å²) >= 11 is 6.95. The molecular weight excluding hydrogens is 401 g/mol. The largest absolute Gasteiger partial charge is 0.495 e. The monoisotopic (exact) mass is 415 g/mol. The zero-order chi connectivity index (χ0) is 15.2. The fourth-order valence-corrected chi connectivity index (χ4v) is 3.60. The minimum Gasteiger partial charge on any atom is -0.495 e. The van der Waals surface area contributed by atoms with Gasteiger partial charge in [0.25, 0.3) is 0 Å². The summed E-state index contributed by atoms with van der Waals surface area (Å²) in [5, 5.41) is 3.32. The number of halogens is 3. The van der Waals surface area contributed by atoms with Gasteiger partial charge in [0.15, 0.2) is 0 Å². The number of hydrogen-bond acceptors (Lipinski definition) is 2. The average molecular weight is 417 g/mol. The molecule has 0 aliphatic carbocycles. The van der Waals surface area contributed by atoms with Crippen LogP contribution < -0.4 is 10.1 Å². The van der Waals surface area contributed by atoms with Gasteiger partial charge in [-0.3, -0.25) is 0 Å². The van der Waals surface area contributed by atoms with Crippen LogP contribution in [0.3, 0.4) is 0 Å². The van der Waals surface area contributed by atoms with E-state index in [1.807, 2.05) is 24.3 Å². The lowest BCUT2D eigenvalue weighted by Crippen LogP contribution is -2.17. The number of hydrogen-bond donors (Lipinski definition) is 1. The number of ether oxygens (including phenoxy) is 1. The first kappa shape index (κ1) is 16.5. The smallest absolute Gasteiger partial charge is 0.137 e. The highest BCUT2D eigenvalue weighted by Crippen LogP contribution is 2.32. The molecule has 112 valence electrons. The van der Waals surface area contributed by atoms with Gasteiger partial charge in [-0.25, -0.2) is 4.39 Å². The fourth-order valence-electron chi connectivity index (χ4n) is 2.12. The Labute approximate surface area is 141 Å². The Kier molecular flexibility index (Phi) is 6.21. The zero-order valence-corrected chi connectivity index (χ0v) is 14.8. The van der Waals surface area contributed by atoms with E-state index >= 15 is 0 Å². The summed E-state index contributed by atoms with van der Waals surface area (Å²) in [5.41, 5.74) is 1.78. The van der Waals surface area contributed by atoms with Crippen LogP contribution in [0.5, 0.6) is 5.75 Å². The van der Waals surface area contributed by atoms with Crippen LogP contribution in [0, 0.1) is 5.82 Å². The van der Waals surface area contributed by atoms with Crippen LogP contribution in [0.25, 0.3) is 0 Å². The van der Waals surface area contributed by atoms with Crippen molar-refractivity contribution in [2.45, 2.75) is 13.0 Å². The quantitative estimate of drug-likeness (QED) is 0.689. The molecule has 2 nitrogen and oxygen atoms in total. The molecule has 2 aromatic rings. The molecule has 0 unspecified atom stereocenters. The van der Waals surface area contributed by atoms with Gasteiger partial charge in [-0.15, -0.1) is 0 Å². The molecule has 2 aromatic carbocycles. The van der Waals surface area contributed by atoms with E-state index in [0.29, 0.717) is 19.5 Å². The molecule has 5 heteroatoms. The van der Waals surface area contributed by atoms with Gasteiger partial charge < -0.3 is 10.1 Å². The number of methoxy groups -OCH3 is 1. The second-order valence-electron chi connectivity index (χ2n) is 4.60. The van der Waals surface area contributed by atoms with E-state index in [1.165, 1.54) is 6.07 Å². The summed E-state index contributed by atoms with van der Waals surface area (Å²) in [6.45, 7) is 1.36. The minimum absolute atomic E-state index is 0.151. The van der Waals surface area contributed by atoms with E-state index in [4.69, 9.17) is 4.74 Å². The first-order chi connectivity index (χ1) is 10.1. The van der Waals surface area contributed by atoms with Gasteiger partial charge in [0.1, 0.15) is 11.6 Å². The molecule has 0 fully saturated rings. The van der Waals surface area contributed by atoms with E-state index in [1.54, 1.807) is 13.2 Å². The van der Waals surface area contributed by atoms with Crippen molar-refractivity contribution in [2.24, 2.45) is 0 Å². The van der Waals surface area contributed by atoms with Crippen molar-refractivity contribution in [2.75, 3.05) is 13.7 Å². The van der Waals surface area contributed by atoms with Gasteiger partial charge in [-0.2, -0.15) is 0 Å². The van der Waals surface area contributed by atoms with Crippen molar-refractivity contribution in [3.8, 4) is 5.75 Å². The van der Waals surface area contributed by atoms with Crippen molar-refractivity contribution >= 4 is 31.9 Å². The number of nitrogens with one attached hydrogen (secondary N) is 1. The molecule has 0 amide bonds. The minimum atomic E-state index is -0.151. The Bertz CT molecular complexity index is 619. The highest BCUT2D eigenvalue weighted by atomic mass is 79.9. The van der Waals surface area contributed by atoms with Crippen molar-refractivity contribution in [3.05, 3.63) is 62.3 Å². The van der Waals surface area contributed by atoms with Crippen LogP contribution in [0.1, 0.15) is 11.1 Å². The third kappa shape index (κ3) is 4.53. The Morgan fingerprint density at radius 2 is 1.90 bits per heavy atom. The molecule has 0 aliphatic rings.